The van der Waals surface area contributed by atoms with Crippen LogP contribution in [0.15, 0.2) is 24.4 Å². The molecule has 42 heavy (non-hydrogen) atoms. The van der Waals surface area contributed by atoms with E-state index in [1.165, 1.54) is 6.20 Å². The van der Waals surface area contributed by atoms with E-state index < -0.39 is 18.4 Å². The number of nitriles is 1. The Morgan fingerprint density at radius 1 is 1.26 bits per heavy atom. The molecule has 0 aromatic carbocycles. The van der Waals surface area contributed by atoms with Gasteiger partial charge in [0.2, 0.25) is 12.2 Å². The van der Waals surface area contributed by atoms with Crippen LogP contribution in [0.4, 0.5) is 18.9 Å². The molecule has 2 aliphatic rings. The maximum absolute atomic E-state index is 12.8. The van der Waals surface area contributed by atoms with Crippen molar-refractivity contribution in [2.45, 2.75) is 58.0 Å². The lowest BCUT2D eigenvalue weighted by atomic mass is 9.77. The highest BCUT2D eigenvalue weighted by atomic mass is 19.4. The predicted octanol–water partition coefficient (Wildman–Crippen LogP) is 4.54. The van der Waals surface area contributed by atoms with Gasteiger partial charge in [0.05, 0.1) is 24.1 Å². The fraction of sp³-hybridized carbons (Fsp3) is 0.517. The molecule has 0 saturated carbocycles. The van der Waals surface area contributed by atoms with E-state index in [4.69, 9.17) is 15.0 Å². The van der Waals surface area contributed by atoms with E-state index in [-0.39, 0.29) is 28.8 Å². The normalized spacial score (nSPS) is 17.0. The number of piperidine rings is 1. The number of nitrogens with one attached hydrogen (secondary N) is 2. The summed E-state index contributed by atoms with van der Waals surface area (Å²) < 4.78 is 31.2. The van der Waals surface area contributed by atoms with E-state index >= 15 is 0 Å². The molecule has 2 aromatic heterocycles. The Balaban J connectivity index is 0.000000730. The first kappa shape index (κ1) is 32.5. The number of amides is 2. The first-order valence-corrected chi connectivity index (χ1v) is 13.6. The van der Waals surface area contributed by atoms with Crippen molar-refractivity contribution in [2.24, 2.45) is 5.41 Å². The Labute approximate surface area is 243 Å². The van der Waals surface area contributed by atoms with Gasteiger partial charge in [-0.25, -0.2) is 4.98 Å². The van der Waals surface area contributed by atoms with Crippen molar-refractivity contribution in [3.63, 3.8) is 0 Å². The van der Waals surface area contributed by atoms with Crippen LogP contribution in [0.1, 0.15) is 79.6 Å². The van der Waals surface area contributed by atoms with E-state index in [2.05, 4.69) is 35.2 Å². The largest absolute Gasteiger partial charge is 0.446 e. The van der Waals surface area contributed by atoms with Gasteiger partial charge in [-0.3, -0.25) is 19.4 Å². The zero-order valence-electron chi connectivity index (χ0n) is 24.2. The molecule has 1 aliphatic heterocycles. The van der Waals surface area contributed by atoms with E-state index in [0.717, 1.165) is 62.2 Å². The molecular weight excluding hydrogens is 551 g/mol. The van der Waals surface area contributed by atoms with Crippen molar-refractivity contribution in [1.82, 2.24) is 24.8 Å². The second-order valence-corrected chi connectivity index (χ2v) is 11.5. The lowest BCUT2D eigenvalue weighted by molar-refractivity contribution is -0.156. The number of H-pyrrole nitrogens is 1. The van der Waals surface area contributed by atoms with Gasteiger partial charge in [-0.15, -0.1) is 0 Å². The Morgan fingerprint density at radius 3 is 2.45 bits per heavy atom. The van der Waals surface area contributed by atoms with Gasteiger partial charge in [0, 0.05) is 24.7 Å². The highest BCUT2D eigenvalue weighted by molar-refractivity contribution is 6.03. The Bertz CT molecular complexity index is 1350. The number of alkyl halides is 3. The van der Waals surface area contributed by atoms with Gasteiger partial charge in [-0.2, -0.15) is 18.4 Å². The molecule has 0 spiro atoms. The molecule has 2 aromatic rings. The number of likely N-dealkylation sites (N-methyl/N-ethyl adjacent to an activating group) is 1. The van der Waals surface area contributed by atoms with Crippen LogP contribution in [0.5, 0.6) is 0 Å². The fourth-order valence-corrected chi connectivity index (χ4v) is 4.81. The summed E-state index contributed by atoms with van der Waals surface area (Å²) in [5.41, 5.74) is 4.07. The number of hydrogen-bond acceptors (Lipinski definition) is 7. The SMILES string of the molecule is CN(C)CC(=O)N1CCC(c2ccc(NC(=O)c3ncc(C#N)[nH]3)c(C3=CCC(C)(C)CC3)n2)CC1.O=CC(F)(F)F. The van der Waals surface area contributed by atoms with Crippen LogP contribution in [0.2, 0.25) is 0 Å². The molecule has 2 amide bonds. The summed E-state index contributed by atoms with van der Waals surface area (Å²) in [4.78, 5) is 49.6. The average Bonchev–Trinajstić information content (AvgIpc) is 3.43. The number of pyridine rings is 1. The Kier molecular flexibility index (Phi) is 10.6. The average molecular weight is 588 g/mol. The van der Waals surface area contributed by atoms with Gasteiger partial charge in [-0.05, 0) is 69.3 Å². The molecule has 1 fully saturated rings. The molecule has 2 N–H and O–H groups in total. The van der Waals surface area contributed by atoms with Crippen LogP contribution < -0.4 is 5.32 Å². The summed E-state index contributed by atoms with van der Waals surface area (Å²) in [6, 6.07) is 5.86. The molecule has 13 heteroatoms. The first-order valence-electron chi connectivity index (χ1n) is 13.6. The van der Waals surface area contributed by atoms with E-state index in [0.29, 0.717) is 12.2 Å². The molecule has 0 atom stereocenters. The molecule has 0 unspecified atom stereocenters. The molecule has 0 radical (unpaired) electrons. The van der Waals surface area contributed by atoms with Crippen molar-refractivity contribution in [1.29, 1.82) is 5.26 Å². The molecule has 4 rings (SSSR count). The highest BCUT2D eigenvalue weighted by Crippen LogP contribution is 2.40. The number of carbonyl (C=O) groups is 3. The zero-order chi connectivity index (χ0) is 31.1. The van der Waals surface area contributed by atoms with E-state index in [1.807, 2.05) is 42.1 Å². The molecule has 1 aliphatic carbocycles. The van der Waals surface area contributed by atoms with Crippen molar-refractivity contribution in [2.75, 3.05) is 39.0 Å². The van der Waals surface area contributed by atoms with Gasteiger partial charge < -0.3 is 20.1 Å². The van der Waals surface area contributed by atoms with Gasteiger partial charge in [-0.1, -0.05) is 19.9 Å². The number of halogens is 3. The van der Waals surface area contributed by atoms with Crippen LogP contribution in [0, 0.1) is 16.7 Å². The number of allylic oxidation sites excluding steroid dienone is 2. The smallest absolute Gasteiger partial charge is 0.342 e. The molecule has 1 saturated heterocycles. The summed E-state index contributed by atoms with van der Waals surface area (Å²) in [5.74, 6) is 0.116. The molecule has 0 bridgehead atoms. The topological polar surface area (TPSA) is 135 Å². The third-order valence-electron chi connectivity index (χ3n) is 7.20. The number of aromatic nitrogens is 3. The van der Waals surface area contributed by atoms with Crippen LogP contribution in [-0.4, -0.2) is 82.8 Å². The zero-order valence-corrected chi connectivity index (χ0v) is 24.2. The van der Waals surface area contributed by atoms with Crippen molar-refractivity contribution < 1.29 is 27.6 Å². The standard InChI is InChI=1S/C27H35N7O2.C2HF3O/c1-27(2)11-7-19(8-12-27)24-22(32-26(36)25-29-16-20(15-28)30-25)6-5-21(31-24)18-9-13-34(14-10-18)23(35)17-33(3)4;3-2(4,5)1-6/h5-7,16,18H,8-14,17H2,1-4H3,(H,29,30)(H,32,36);1H. The number of aldehydes is 1. The summed E-state index contributed by atoms with van der Waals surface area (Å²) in [5, 5.41) is 12.0. The number of hydrogen-bond donors (Lipinski definition) is 2. The number of likely N-dealkylation sites (tertiary alicyclic amines) is 1. The minimum atomic E-state index is -4.64. The number of carbonyl (C=O) groups excluding carboxylic acids is 3. The predicted molar refractivity (Wildman–Crippen MR) is 150 cm³/mol. The lowest BCUT2D eigenvalue weighted by Gasteiger charge is -2.33. The van der Waals surface area contributed by atoms with Crippen LogP contribution >= 0.6 is 0 Å². The van der Waals surface area contributed by atoms with Gasteiger partial charge in [0.1, 0.15) is 11.8 Å². The van der Waals surface area contributed by atoms with Gasteiger partial charge in [0.25, 0.3) is 5.91 Å². The van der Waals surface area contributed by atoms with Crippen molar-refractivity contribution in [3.05, 3.63) is 47.3 Å². The number of anilines is 1. The summed E-state index contributed by atoms with van der Waals surface area (Å²) >= 11 is 0. The number of aromatic amines is 1. The second kappa shape index (κ2) is 13.7. The van der Waals surface area contributed by atoms with E-state index in [9.17, 15) is 22.8 Å². The highest BCUT2D eigenvalue weighted by Gasteiger charge is 2.28. The third-order valence-corrected chi connectivity index (χ3v) is 7.20. The van der Waals surface area contributed by atoms with Gasteiger partial charge >= 0.3 is 6.18 Å². The number of nitrogens with zero attached hydrogens (tertiary/aromatic N) is 5. The summed E-state index contributed by atoms with van der Waals surface area (Å²) in [6.07, 6.45) is 2.52. The second-order valence-electron chi connectivity index (χ2n) is 11.5. The molecular formula is C29H36F3N7O3. The fourth-order valence-electron chi connectivity index (χ4n) is 4.81. The Hall–Kier alpha value is -4.05. The maximum Gasteiger partial charge on any atom is 0.446 e. The van der Waals surface area contributed by atoms with Crippen molar-refractivity contribution >= 4 is 29.4 Å². The minimum absolute atomic E-state index is 0.0927. The van der Waals surface area contributed by atoms with Gasteiger partial charge in [0.15, 0.2) is 5.82 Å². The quantitative estimate of drug-likeness (QED) is 0.474. The van der Waals surface area contributed by atoms with Crippen LogP contribution in [0.3, 0.4) is 0 Å². The third kappa shape index (κ3) is 9.24. The molecule has 226 valence electrons. The Morgan fingerprint density at radius 2 is 1.93 bits per heavy atom. The monoisotopic (exact) mass is 587 g/mol. The lowest BCUT2D eigenvalue weighted by Crippen LogP contribution is -2.42. The maximum atomic E-state index is 12.8. The van der Waals surface area contributed by atoms with Crippen LogP contribution in [0.25, 0.3) is 5.57 Å². The summed E-state index contributed by atoms with van der Waals surface area (Å²) in [6.45, 7) is 6.41. The molecule has 10 nitrogen and oxygen atoms in total. The summed E-state index contributed by atoms with van der Waals surface area (Å²) in [7, 11) is 3.82. The molecule has 3 heterocycles. The minimum Gasteiger partial charge on any atom is -0.342 e. The van der Waals surface area contributed by atoms with Crippen LogP contribution in [-0.2, 0) is 9.59 Å². The number of rotatable bonds is 6. The van der Waals surface area contributed by atoms with E-state index in [1.54, 1.807) is 0 Å². The number of imidazole rings is 1. The first-order chi connectivity index (χ1) is 19.7. The van der Waals surface area contributed by atoms with Crippen molar-refractivity contribution in [3.8, 4) is 6.07 Å².